The number of ether oxygens (including phenoxy) is 1. The number of hydrogen-bond acceptors (Lipinski definition) is 3. The lowest BCUT2D eigenvalue weighted by atomic mass is 10.2. The number of nitrogens with zero attached hydrogens (tertiary/aromatic N) is 1. The van der Waals surface area contributed by atoms with Crippen molar-refractivity contribution in [2.24, 2.45) is 0 Å². The van der Waals surface area contributed by atoms with E-state index >= 15 is 0 Å². The van der Waals surface area contributed by atoms with Gasteiger partial charge in [0, 0.05) is 13.1 Å². The minimum Gasteiger partial charge on any atom is -0.480 e. The zero-order valence-corrected chi connectivity index (χ0v) is 12.4. The molecule has 0 aromatic heterocycles. The van der Waals surface area contributed by atoms with Crippen LogP contribution in [-0.2, 0) is 9.59 Å². The van der Waals surface area contributed by atoms with E-state index in [0.717, 1.165) is 0 Å². The van der Waals surface area contributed by atoms with Crippen LogP contribution < -0.4 is 10.1 Å². The average molecular weight is 345 g/mol. The van der Waals surface area contributed by atoms with Crippen molar-refractivity contribution in [1.29, 1.82) is 0 Å². The van der Waals surface area contributed by atoms with E-state index < -0.39 is 11.9 Å². The second-order valence-corrected chi connectivity index (χ2v) is 5.30. The van der Waals surface area contributed by atoms with Crippen LogP contribution in [0.4, 0.5) is 4.39 Å². The van der Waals surface area contributed by atoms with Crippen LogP contribution in [0.25, 0.3) is 0 Å². The quantitative estimate of drug-likeness (QED) is 0.899. The fourth-order valence-corrected chi connectivity index (χ4v) is 2.34. The number of amides is 2. The molecule has 0 spiro atoms. The van der Waals surface area contributed by atoms with Gasteiger partial charge in [-0.1, -0.05) is 0 Å². The summed E-state index contributed by atoms with van der Waals surface area (Å²) in [7, 11) is 0. The lowest BCUT2D eigenvalue weighted by molar-refractivity contribution is -0.143. The Bertz CT molecular complexity index is 538. The number of piperazine rings is 1. The molecule has 1 aliphatic rings. The van der Waals surface area contributed by atoms with Gasteiger partial charge in [-0.05, 0) is 41.1 Å². The zero-order valence-electron chi connectivity index (χ0n) is 10.9. The third kappa shape index (κ3) is 3.47. The van der Waals surface area contributed by atoms with Crippen LogP contribution in [0.1, 0.15) is 6.92 Å². The molecular weight excluding hydrogens is 331 g/mol. The van der Waals surface area contributed by atoms with Crippen molar-refractivity contribution in [2.45, 2.75) is 13.0 Å². The molecule has 1 aromatic carbocycles. The summed E-state index contributed by atoms with van der Waals surface area (Å²) >= 11 is 3.18. The predicted molar refractivity (Wildman–Crippen MR) is 73.8 cm³/mol. The summed E-state index contributed by atoms with van der Waals surface area (Å²) in [4.78, 5) is 24.9. The van der Waals surface area contributed by atoms with Crippen LogP contribution in [-0.4, -0.2) is 42.5 Å². The molecule has 0 aliphatic carbocycles. The monoisotopic (exact) mass is 344 g/mol. The molecule has 20 heavy (non-hydrogen) atoms. The fraction of sp³-hybridized carbons (Fsp3) is 0.385. The maximum absolute atomic E-state index is 13.0. The second-order valence-electron chi connectivity index (χ2n) is 4.44. The van der Waals surface area contributed by atoms with E-state index in [9.17, 15) is 14.0 Å². The van der Waals surface area contributed by atoms with Crippen LogP contribution in [0.15, 0.2) is 22.7 Å². The molecule has 0 radical (unpaired) electrons. The maximum Gasteiger partial charge on any atom is 0.263 e. The van der Waals surface area contributed by atoms with Crippen molar-refractivity contribution in [3.05, 3.63) is 28.5 Å². The highest BCUT2D eigenvalue weighted by molar-refractivity contribution is 9.10. The Kier molecular flexibility index (Phi) is 4.59. The van der Waals surface area contributed by atoms with Crippen molar-refractivity contribution < 1.29 is 18.7 Å². The summed E-state index contributed by atoms with van der Waals surface area (Å²) in [5.74, 6) is -0.458. The van der Waals surface area contributed by atoms with Gasteiger partial charge >= 0.3 is 0 Å². The molecule has 7 heteroatoms. The molecule has 1 saturated heterocycles. The number of carbonyl (C=O) groups excluding carboxylic acids is 2. The number of nitrogens with one attached hydrogen (secondary N) is 1. The Morgan fingerprint density at radius 3 is 2.95 bits per heavy atom. The van der Waals surface area contributed by atoms with Crippen LogP contribution in [0.5, 0.6) is 5.75 Å². The van der Waals surface area contributed by atoms with Gasteiger partial charge in [0.25, 0.3) is 5.91 Å². The van der Waals surface area contributed by atoms with Gasteiger partial charge in [0.05, 0.1) is 11.0 Å². The maximum atomic E-state index is 13.0. The van der Waals surface area contributed by atoms with E-state index in [1.54, 1.807) is 6.92 Å². The minimum absolute atomic E-state index is 0.0388. The van der Waals surface area contributed by atoms with E-state index in [-0.39, 0.29) is 18.4 Å². The molecule has 0 unspecified atom stereocenters. The first kappa shape index (κ1) is 14.8. The van der Waals surface area contributed by atoms with E-state index in [1.165, 1.54) is 23.1 Å². The highest BCUT2D eigenvalue weighted by Crippen LogP contribution is 2.26. The number of benzene rings is 1. The van der Waals surface area contributed by atoms with Gasteiger partial charge in [0.15, 0.2) is 6.10 Å². The Morgan fingerprint density at radius 1 is 1.55 bits per heavy atom. The van der Waals surface area contributed by atoms with E-state index in [0.29, 0.717) is 23.3 Å². The third-order valence-corrected chi connectivity index (χ3v) is 3.52. The van der Waals surface area contributed by atoms with Crippen LogP contribution in [0.3, 0.4) is 0 Å². The summed E-state index contributed by atoms with van der Waals surface area (Å²) in [6.45, 7) is 2.54. The first-order valence-corrected chi connectivity index (χ1v) is 6.94. The lowest BCUT2D eigenvalue weighted by Gasteiger charge is -2.29. The predicted octanol–water partition coefficient (Wildman–Crippen LogP) is 1.31. The first-order chi connectivity index (χ1) is 9.47. The molecular formula is C13H14BrFN2O3. The Morgan fingerprint density at radius 2 is 2.30 bits per heavy atom. The summed E-state index contributed by atoms with van der Waals surface area (Å²) in [5, 5.41) is 2.65. The average Bonchev–Trinajstić information content (AvgIpc) is 2.41. The molecule has 0 bridgehead atoms. The summed E-state index contributed by atoms with van der Waals surface area (Å²) < 4.78 is 18.9. The molecule has 1 heterocycles. The lowest BCUT2D eigenvalue weighted by Crippen LogP contribution is -2.53. The zero-order chi connectivity index (χ0) is 14.7. The van der Waals surface area contributed by atoms with Crippen molar-refractivity contribution in [2.75, 3.05) is 19.6 Å². The largest absolute Gasteiger partial charge is 0.480 e. The van der Waals surface area contributed by atoms with Gasteiger partial charge in [0.1, 0.15) is 11.6 Å². The molecule has 1 N–H and O–H groups in total. The van der Waals surface area contributed by atoms with E-state index in [4.69, 9.17) is 4.74 Å². The smallest absolute Gasteiger partial charge is 0.263 e. The molecule has 2 rings (SSSR count). The van der Waals surface area contributed by atoms with Gasteiger partial charge in [-0.15, -0.1) is 0 Å². The van der Waals surface area contributed by atoms with Gasteiger partial charge in [-0.3, -0.25) is 9.59 Å². The highest BCUT2D eigenvalue weighted by Gasteiger charge is 2.26. The Labute approximate surface area is 124 Å². The first-order valence-electron chi connectivity index (χ1n) is 6.14. The van der Waals surface area contributed by atoms with Crippen molar-refractivity contribution in [3.63, 3.8) is 0 Å². The number of carbonyl (C=O) groups is 2. The van der Waals surface area contributed by atoms with Gasteiger partial charge in [-0.2, -0.15) is 0 Å². The molecule has 1 fully saturated rings. The SMILES string of the molecule is C[C@H](Oc1ccc(F)cc1Br)C(=O)N1CCNC(=O)C1. The van der Waals surface area contributed by atoms with Gasteiger partial charge < -0.3 is 15.0 Å². The number of halogens is 2. The summed E-state index contributed by atoms with van der Waals surface area (Å²) in [6, 6.07) is 3.97. The van der Waals surface area contributed by atoms with Gasteiger partial charge in [-0.25, -0.2) is 4.39 Å². The molecule has 1 aromatic rings. The molecule has 108 valence electrons. The Balaban J connectivity index is 2.01. The standard InChI is InChI=1S/C13H14BrFN2O3/c1-8(13(19)17-5-4-16-12(18)7-17)20-11-3-2-9(15)6-10(11)14/h2-3,6,8H,4-5,7H2,1H3,(H,16,18)/t8-/m0/s1. The number of hydrogen-bond donors (Lipinski definition) is 1. The topological polar surface area (TPSA) is 58.6 Å². The van der Waals surface area contributed by atoms with Crippen LogP contribution >= 0.6 is 15.9 Å². The van der Waals surface area contributed by atoms with Crippen molar-refractivity contribution >= 4 is 27.7 Å². The second kappa shape index (κ2) is 6.21. The van der Waals surface area contributed by atoms with Crippen LogP contribution in [0, 0.1) is 5.82 Å². The molecule has 5 nitrogen and oxygen atoms in total. The van der Waals surface area contributed by atoms with Gasteiger partial charge in [0.2, 0.25) is 5.91 Å². The minimum atomic E-state index is -0.748. The summed E-state index contributed by atoms with van der Waals surface area (Å²) in [6.07, 6.45) is -0.748. The normalized spacial score (nSPS) is 16.6. The number of rotatable bonds is 3. The van der Waals surface area contributed by atoms with Crippen molar-refractivity contribution in [1.82, 2.24) is 10.2 Å². The fourth-order valence-electron chi connectivity index (χ4n) is 1.90. The van der Waals surface area contributed by atoms with E-state index in [2.05, 4.69) is 21.2 Å². The molecule has 0 saturated carbocycles. The van der Waals surface area contributed by atoms with Crippen LogP contribution in [0.2, 0.25) is 0 Å². The molecule has 2 amide bonds. The molecule has 1 aliphatic heterocycles. The molecule has 1 atom stereocenters. The Hall–Kier alpha value is -1.63. The van der Waals surface area contributed by atoms with E-state index in [1.807, 2.05) is 0 Å². The summed E-state index contributed by atoms with van der Waals surface area (Å²) in [5.41, 5.74) is 0. The van der Waals surface area contributed by atoms with Crippen molar-refractivity contribution in [3.8, 4) is 5.75 Å². The highest BCUT2D eigenvalue weighted by atomic mass is 79.9. The third-order valence-electron chi connectivity index (χ3n) is 2.90.